The van der Waals surface area contributed by atoms with E-state index in [1.807, 2.05) is 29.2 Å². The van der Waals surface area contributed by atoms with Crippen LogP contribution in [0, 0.1) is 0 Å². The average molecular weight is 515 g/mol. The molecule has 4 rings (SSSR count). The Morgan fingerprint density at radius 3 is 2.38 bits per heavy atom. The van der Waals surface area contributed by atoms with Crippen LogP contribution in [0.4, 0.5) is 5.69 Å². The number of carbonyl (C=O) groups excluding carboxylic acids is 3. The third-order valence-corrected chi connectivity index (χ3v) is 7.17. The van der Waals surface area contributed by atoms with Gasteiger partial charge in [0.2, 0.25) is 5.91 Å². The minimum Gasteiger partial charge on any atom is -0.465 e. The number of benzene rings is 3. The molecule has 1 N–H and O–H groups in total. The lowest BCUT2D eigenvalue weighted by atomic mass is 10.1. The summed E-state index contributed by atoms with van der Waals surface area (Å²) < 4.78 is 4.71. The first-order valence-electron chi connectivity index (χ1n) is 10.3. The summed E-state index contributed by atoms with van der Waals surface area (Å²) >= 11 is 13.7. The Bertz CT molecular complexity index is 1230. The highest BCUT2D eigenvalue weighted by Crippen LogP contribution is 2.39. The number of halogens is 2. The number of nitrogens with zero attached hydrogens (tertiary/aromatic N) is 1. The van der Waals surface area contributed by atoms with E-state index in [0.29, 0.717) is 33.6 Å². The molecule has 3 aromatic rings. The van der Waals surface area contributed by atoms with Crippen LogP contribution in [0.25, 0.3) is 0 Å². The van der Waals surface area contributed by atoms with Crippen LogP contribution >= 0.6 is 35.0 Å². The Kier molecular flexibility index (Phi) is 7.46. The molecule has 2 amide bonds. The molecule has 6 nitrogen and oxygen atoms in total. The van der Waals surface area contributed by atoms with Crippen molar-refractivity contribution >= 4 is 58.4 Å². The van der Waals surface area contributed by atoms with Gasteiger partial charge in [0.15, 0.2) is 0 Å². The van der Waals surface area contributed by atoms with Crippen LogP contribution in [0.1, 0.15) is 37.2 Å². The molecule has 3 aromatic carbocycles. The van der Waals surface area contributed by atoms with Crippen LogP contribution in [-0.4, -0.2) is 35.5 Å². The number of amides is 2. The van der Waals surface area contributed by atoms with Gasteiger partial charge in [-0.25, -0.2) is 4.79 Å². The van der Waals surface area contributed by atoms with Crippen molar-refractivity contribution in [2.24, 2.45) is 0 Å². The van der Waals surface area contributed by atoms with E-state index in [2.05, 4.69) is 5.32 Å². The minimum absolute atomic E-state index is 0.0619. The highest BCUT2D eigenvalue weighted by Gasteiger charge is 2.32. The second-order valence-corrected chi connectivity index (χ2v) is 9.49. The summed E-state index contributed by atoms with van der Waals surface area (Å²) in [6.07, 6.45) is 0. The second-order valence-electron chi connectivity index (χ2n) is 7.57. The molecular formula is C25H20Cl2N2O4S. The molecule has 34 heavy (non-hydrogen) atoms. The monoisotopic (exact) mass is 514 g/mol. The molecule has 0 aromatic heterocycles. The smallest absolute Gasteiger partial charge is 0.337 e. The molecule has 1 aliphatic heterocycles. The van der Waals surface area contributed by atoms with Gasteiger partial charge in [-0.2, -0.15) is 0 Å². The van der Waals surface area contributed by atoms with Gasteiger partial charge < -0.3 is 15.0 Å². The Hall–Kier alpha value is -3.00. The summed E-state index contributed by atoms with van der Waals surface area (Å²) in [5.74, 6) is -0.436. The molecule has 174 valence electrons. The molecule has 0 aliphatic carbocycles. The van der Waals surface area contributed by atoms with Gasteiger partial charge in [0.1, 0.15) is 5.37 Å². The maximum Gasteiger partial charge on any atom is 0.337 e. The molecule has 0 saturated carbocycles. The predicted molar refractivity (Wildman–Crippen MR) is 134 cm³/mol. The third-order valence-electron chi connectivity index (χ3n) is 5.33. The van der Waals surface area contributed by atoms with Gasteiger partial charge >= 0.3 is 5.97 Å². The summed E-state index contributed by atoms with van der Waals surface area (Å²) in [5, 5.41) is 3.53. The van der Waals surface area contributed by atoms with Crippen molar-refractivity contribution in [2.75, 3.05) is 18.2 Å². The third kappa shape index (κ3) is 5.38. The van der Waals surface area contributed by atoms with Gasteiger partial charge in [0.05, 0.1) is 29.1 Å². The number of ether oxygens (including phenoxy) is 1. The Labute approximate surface area is 211 Å². The van der Waals surface area contributed by atoms with Crippen LogP contribution in [0.3, 0.4) is 0 Å². The summed E-state index contributed by atoms with van der Waals surface area (Å²) in [4.78, 5) is 38.9. The summed E-state index contributed by atoms with van der Waals surface area (Å²) in [7, 11) is 1.28. The molecule has 1 aliphatic rings. The van der Waals surface area contributed by atoms with E-state index in [1.165, 1.54) is 25.3 Å². The molecule has 0 radical (unpaired) electrons. The van der Waals surface area contributed by atoms with Crippen molar-refractivity contribution in [1.29, 1.82) is 0 Å². The summed E-state index contributed by atoms with van der Waals surface area (Å²) in [5.41, 5.74) is 2.92. The lowest BCUT2D eigenvalue weighted by Crippen LogP contribution is -2.27. The number of esters is 1. The number of thioether (sulfide) groups is 1. The number of nitrogens with one attached hydrogen (secondary N) is 1. The SMILES string of the molecule is COC(=O)c1ccc(Cl)c(NC(=O)c2ccc([C@@H]3SCC(=O)N3Cc3ccc(Cl)cc3)cc2)c1. The van der Waals surface area contributed by atoms with Crippen LogP contribution in [0.5, 0.6) is 0 Å². The lowest BCUT2D eigenvalue weighted by molar-refractivity contribution is -0.128. The van der Waals surface area contributed by atoms with Gasteiger partial charge in [0, 0.05) is 17.1 Å². The number of hydrogen-bond donors (Lipinski definition) is 1. The molecular weight excluding hydrogens is 495 g/mol. The molecule has 1 saturated heterocycles. The van der Waals surface area contributed by atoms with Crippen molar-refractivity contribution in [3.8, 4) is 0 Å². The number of methoxy groups -OCH3 is 1. The van der Waals surface area contributed by atoms with E-state index < -0.39 is 5.97 Å². The van der Waals surface area contributed by atoms with E-state index in [4.69, 9.17) is 27.9 Å². The standard InChI is InChI=1S/C25H20Cl2N2O4S/c1-33-25(32)18-8-11-20(27)21(12-18)28-23(31)16-4-6-17(7-5-16)24-29(22(30)14-34-24)13-15-2-9-19(26)10-3-15/h2-12,24H,13-14H2,1H3,(H,28,31)/t24-/m0/s1. The zero-order chi connectivity index (χ0) is 24.2. The average Bonchev–Trinajstić information content (AvgIpc) is 3.21. The zero-order valence-corrected chi connectivity index (χ0v) is 20.4. The lowest BCUT2D eigenvalue weighted by Gasteiger charge is -2.24. The van der Waals surface area contributed by atoms with Crippen molar-refractivity contribution in [2.45, 2.75) is 11.9 Å². The van der Waals surface area contributed by atoms with Crippen LogP contribution in [-0.2, 0) is 16.1 Å². The highest BCUT2D eigenvalue weighted by molar-refractivity contribution is 8.00. The van der Waals surface area contributed by atoms with E-state index >= 15 is 0 Å². The molecule has 0 spiro atoms. The van der Waals surface area contributed by atoms with E-state index in [9.17, 15) is 14.4 Å². The Morgan fingerprint density at radius 2 is 1.71 bits per heavy atom. The Morgan fingerprint density at radius 1 is 1.03 bits per heavy atom. The minimum atomic E-state index is -0.525. The van der Waals surface area contributed by atoms with Crippen molar-refractivity contribution in [1.82, 2.24) is 4.90 Å². The second kappa shape index (κ2) is 10.5. The van der Waals surface area contributed by atoms with Gasteiger partial charge in [-0.05, 0) is 53.6 Å². The van der Waals surface area contributed by atoms with Crippen molar-refractivity contribution in [3.05, 3.63) is 99.0 Å². The fourth-order valence-corrected chi connectivity index (χ4v) is 5.03. The molecule has 0 unspecified atom stereocenters. The van der Waals surface area contributed by atoms with Gasteiger partial charge in [-0.15, -0.1) is 11.8 Å². The van der Waals surface area contributed by atoms with Crippen LogP contribution < -0.4 is 5.32 Å². The molecule has 0 bridgehead atoms. The van der Waals surface area contributed by atoms with Crippen LogP contribution in [0.2, 0.25) is 10.0 Å². The molecule has 1 atom stereocenters. The normalized spacial score (nSPS) is 15.3. The summed E-state index contributed by atoms with van der Waals surface area (Å²) in [6, 6.07) is 19.0. The fourth-order valence-electron chi connectivity index (χ4n) is 3.55. The summed E-state index contributed by atoms with van der Waals surface area (Å²) in [6.45, 7) is 0.477. The van der Waals surface area contributed by atoms with E-state index in [1.54, 1.807) is 36.0 Å². The fraction of sp³-hybridized carbons (Fsp3) is 0.160. The highest BCUT2D eigenvalue weighted by atomic mass is 35.5. The maximum atomic E-state index is 12.8. The maximum absolute atomic E-state index is 12.8. The zero-order valence-electron chi connectivity index (χ0n) is 18.1. The first kappa shape index (κ1) is 24.1. The molecule has 1 fully saturated rings. The first-order chi connectivity index (χ1) is 16.4. The number of anilines is 1. The number of rotatable bonds is 6. The van der Waals surface area contributed by atoms with Gasteiger partial charge in [0.25, 0.3) is 5.91 Å². The number of hydrogen-bond acceptors (Lipinski definition) is 5. The topological polar surface area (TPSA) is 75.7 Å². The van der Waals surface area contributed by atoms with E-state index in [-0.39, 0.29) is 22.8 Å². The van der Waals surface area contributed by atoms with Crippen LogP contribution in [0.15, 0.2) is 66.7 Å². The predicted octanol–water partition coefficient (Wildman–Crippen LogP) is 5.81. The molecule has 1 heterocycles. The first-order valence-corrected chi connectivity index (χ1v) is 12.1. The van der Waals surface area contributed by atoms with Crippen molar-refractivity contribution < 1.29 is 19.1 Å². The van der Waals surface area contributed by atoms with Crippen molar-refractivity contribution in [3.63, 3.8) is 0 Å². The van der Waals surface area contributed by atoms with Gasteiger partial charge in [-0.3, -0.25) is 9.59 Å². The largest absolute Gasteiger partial charge is 0.465 e. The van der Waals surface area contributed by atoms with Gasteiger partial charge in [-0.1, -0.05) is 47.5 Å². The quantitative estimate of drug-likeness (QED) is 0.420. The Balaban J connectivity index is 1.48. The number of carbonyl (C=O) groups is 3. The molecule has 9 heteroatoms. The van der Waals surface area contributed by atoms with E-state index in [0.717, 1.165) is 11.1 Å².